The molecule has 0 saturated carbocycles. The summed E-state index contributed by atoms with van der Waals surface area (Å²) in [6, 6.07) is 18.1. The van der Waals surface area contributed by atoms with E-state index in [2.05, 4.69) is 28.4 Å². The lowest BCUT2D eigenvalue weighted by molar-refractivity contribution is 0.0950. The Bertz CT molecular complexity index is 873. The van der Waals surface area contributed by atoms with Gasteiger partial charge in [0.1, 0.15) is 0 Å². The number of fused-ring (bicyclic) bond motifs is 1. The first kappa shape index (κ1) is 15.6. The monoisotopic (exact) mass is 333 g/mol. The third kappa shape index (κ3) is 3.31. The SMILES string of the molecule is O=C(c1nnc(CCc2ccccc2)o1)N1CCCc2ccccc21. The molecule has 0 aliphatic carbocycles. The number of para-hydroxylation sites is 1. The molecule has 1 aliphatic rings. The van der Waals surface area contributed by atoms with Gasteiger partial charge in [-0.2, -0.15) is 0 Å². The number of rotatable bonds is 4. The van der Waals surface area contributed by atoms with E-state index in [4.69, 9.17) is 4.42 Å². The molecule has 25 heavy (non-hydrogen) atoms. The number of anilines is 1. The van der Waals surface area contributed by atoms with Crippen LogP contribution in [0.5, 0.6) is 0 Å². The molecule has 4 rings (SSSR count). The fourth-order valence-corrected chi connectivity index (χ4v) is 3.20. The summed E-state index contributed by atoms with van der Waals surface area (Å²) < 4.78 is 5.62. The Morgan fingerprint density at radius 1 is 1.00 bits per heavy atom. The summed E-state index contributed by atoms with van der Waals surface area (Å²) in [7, 11) is 0. The number of hydrogen-bond donors (Lipinski definition) is 0. The molecule has 0 saturated heterocycles. The molecule has 0 N–H and O–H groups in total. The van der Waals surface area contributed by atoms with Gasteiger partial charge in [0, 0.05) is 18.7 Å². The smallest absolute Gasteiger partial charge is 0.315 e. The molecule has 0 bridgehead atoms. The van der Waals surface area contributed by atoms with E-state index in [1.807, 2.05) is 36.4 Å². The van der Waals surface area contributed by atoms with Crippen LogP contribution in [0.15, 0.2) is 59.0 Å². The summed E-state index contributed by atoms with van der Waals surface area (Å²) in [6.45, 7) is 0.678. The fraction of sp³-hybridized carbons (Fsp3) is 0.250. The first-order chi connectivity index (χ1) is 12.3. The summed E-state index contributed by atoms with van der Waals surface area (Å²) in [6.07, 6.45) is 3.37. The first-order valence-corrected chi connectivity index (χ1v) is 8.57. The molecule has 5 nitrogen and oxygen atoms in total. The van der Waals surface area contributed by atoms with Crippen LogP contribution >= 0.6 is 0 Å². The van der Waals surface area contributed by atoms with Gasteiger partial charge < -0.3 is 9.32 Å². The van der Waals surface area contributed by atoms with E-state index in [0.717, 1.165) is 24.9 Å². The van der Waals surface area contributed by atoms with Crippen molar-refractivity contribution in [2.24, 2.45) is 0 Å². The van der Waals surface area contributed by atoms with Crippen LogP contribution in [-0.2, 0) is 19.3 Å². The van der Waals surface area contributed by atoms with Gasteiger partial charge in [-0.3, -0.25) is 4.79 Å². The molecular weight excluding hydrogens is 314 g/mol. The molecule has 2 aromatic carbocycles. The average Bonchev–Trinajstić information content (AvgIpc) is 3.15. The van der Waals surface area contributed by atoms with Crippen molar-refractivity contribution in [3.8, 4) is 0 Å². The summed E-state index contributed by atoms with van der Waals surface area (Å²) in [4.78, 5) is 14.5. The van der Waals surface area contributed by atoms with Crippen LogP contribution in [0.25, 0.3) is 0 Å². The van der Waals surface area contributed by atoms with Crippen molar-refractivity contribution >= 4 is 11.6 Å². The van der Waals surface area contributed by atoms with Crippen molar-refractivity contribution in [1.29, 1.82) is 0 Å². The Morgan fingerprint density at radius 3 is 2.68 bits per heavy atom. The zero-order valence-electron chi connectivity index (χ0n) is 13.9. The van der Waals surface area contributed by atoms with Gasteiger partial charge in [-0.05, 0) is 36.5 Å². The molecule has 3 aromatic rings. The highest BCUT2D eigenvalue weighted by Gasteiger charge is 2.27. The van der Waals surface area contributed by atoms with Crippen LogP contribution in [0, 0.1) is 0 Å². The zero-order valence-corrected chi connectivity index (χ0v) is 13.9. The average molecular weight is 333 g/mol. The molecule has 2 heterocycles. The molecule has 0 radical (unpaired) electrons. The lowest BCUT2D eigenvalue weighted by atomic mass is 10.0. The Hall–Kier alpha value is -2.95. The molecule has 0 unspecified atom stereocenters. The minimum atomic E-state index is -0.217. The molecule has 1 aromatic heterocycles. The number of hydrogen-bond acceptors (Lipinski definition) is 4. The van der Waals surface area contributed by atoms with Crippen LogP contribution in [0.2, 0.25) is 0 Å². The van der Waals surface area contributed by atoms with E-state index in [1.54, 1.807) is 4.90 Å². The van der Waals surface area contributed by atoms with Crippen molar-refractivity contribution in [2.75, 3.05) is 11.4 Å². The molecule has 5 heteroatoms. The molecule has 0 fully saturated rings. The maximum absolute atomic E-state index is 12.8. The van der Waals surface area contributed by atoms with E-state index >= 15 is 0 Å². The highest BCUT2D eigenvalue weighted by Crippen LogP contribution is 2.27. The Kier molecular flexibility index (Phi) is 4.29. The van der Waals surface area contributed by atoms with Crippen LogP contribution in [-0.4, -0.2) is 22.6 Å². The Morgan fingerprint density at radius 2 is 1.80 bits per heavy atom. The molecule has 0 atom stereocenters. The fourth-order valence-electron chi connectivity index (χ4n) is 3.20. The second-order valence-electron chi connectivity index (χ2n) is 6.18. The minimum Gasteiger partial charge on any atom is -0.417 e. The topological polar surface area (TPSA) is 59.2 Å². The van der Waals surface area contributed by atoms with Gasteiger partial charge >= 0.3 is 11.8 Å². The van der Waals surface area contributed by atoms with Crippen molar-refractivity contribution in [2.45, 2.75) is 25.7 Å². The highest BCUT2D eigenvalue weighted by molar-refractivity contribution is 6.03. The maximum Gasteiger partial charge on any atom is 0.315 e. The number of carbonyl (C=O) groups is 1. The maximum atomic E-state index is 12.8. The normalized spacial score (nSPS) is 13.5. The van der Waals surface area contributed by atoms with Gasteiger partial charge in [-0.25, -0.2) is 0 Å². The van der Waals surface area contributed by atoms with E-state index in [0.29, 0.717) is 18.9 Å². The van der Waals surface area contributed by atoms with Crippen molar-refractivity contribution in [3.63, 3.8) is 0 Å². The first-order valence-electron chi connectivity index (χ1n) is 8.57. The second kappa shape index (κ2) is 6.89. The lowest BCUT2D eigenvalue weighted by Gasteiger charge is -2.28. The molecule has 0 spiro atoms. The highest BCUT2D eigenvalue weighted by atomic mass is 16.4. The zero-order chi connectivity index (χ0) is 17.1. The third-order valence-electron chi connectivity index (χ3n) is 4.48. The predicted molar refractivity (Wildman–Crippen MR) is 94.6 cm³/mol. The van der Waals surface area contributed by atoms with E-state index in [-0.39, 0.29) is 11.8 Å². The van der Waals surface area contributed by atoms with Gasteiger partial charge in [-0.15, -0.1) is 10.2 Å². The quantitative estimate of drug-likeness (QED) is 0.734. The number of nitrogens with zero attached hydrogens (tertiary/aromatic N) is 3. The van der Waals surface area contributed by atoms with Crippen molar-refractivity contribution in [3.05, 3.63) is 77.5 Å². The molecule has 1 aliphatic heterocycles. The van der Waals surface area contributed by atoms with Crippen LogP contribution < -0.4 is 4.90 Å². The van der Waals surface area contributed by atoms with Crippen LogP contribution in [0.3, 0.4) is 0 Å². The van der Waals surface area contributed by atoms with E-state index < -0.39 is 0 Å². The lowest BCUT2D eigenvalue weighted by Crippen LogP contribution is -2.35. The van der Waals surface area contributed by atoms with Crippen LogP contribution in [0.4, 0.5) is 5.69 Å². The van der Waals surface area contributed by atoms with Gasteiger partial charge in [-0.1, -0.05) is 48.5 Å². The summed E-state index contributed by atoms with van der Waals surface area (Å²) in [5, 5.41) is 8.01. The molecule has 126 valence electrons. The standard InChI is InChI=1S/C20H19N3O2/c24-20(23-14-6-10-16-9-4-5-11-17(16)23)19-22-21-18(25-19)13-12-15-7-2-1-3-8-15/h1-5,7-9,11H,6,10,12-14H2. The third-order valence-corrected chi connectivity index (χ3v) is 4.48. The van der Waals surface area contributed by atoms with Gasteiger partial charge in [0.2, 0.25) is 5.89 Å². The van der Waals surface area contributed by atoms with E-state index in [9.17, 15) is 4.79 Å². The number of aromatic nitrogens is 2. The van der Waals surface area contributed by atoms with Crippen molar-refractivity contribution < 1.29 is 9.21 Å². The molecular formula is C20H19N3O2. The second-order valence-corrected chi connectivity index (χ2v) is 6.18. The Balaban J connectivity index is 1.48. The van der Waals surface area contributed by atoms with Gasteiger partial charge in [0.15, 0.2) is 0 Å². The minimum absolute atomic E-state index is 0.0692. The largest absolute Gasteiger partial charge is 0.417 e. The summed E-state index contributed by atoms with van der Waals surface area (Å²) >= 11 is 0. The van der Waals surface area contributed by atoms with E-state index in [1.165, 1.54) is 11.1 Å². The Labute approximate surface area is 146 Å². The summed E-state index contributed by atoms with van der Waals surface area (Å²) in [5.41, 5.74) is 3.34. The van der Waals surface area contributed by atoms with Gasteiger partial charge in [0.05, 0.1) is 0 Å². The number of carbonyl (C=O) groups excluding carboxylic acids is 1. The van der Waals surface area contributed by atoms with Crippen LogP contribution in [0.1, 0.15) is 34.1 Å². The summed E-state index contributed by atoms with van der Waals surface area (Å²) in [5.74, 6) is 0.350. The number of benzene rings is 2. The number of aryl methyl sites for hydroxylation is 3. The predicted octanol–water partition coefficient (Wildman–Crippen LogP) is 3.45. The number of amides is 1. The van der Waals surface area contributed by atoms with Gasteiger partial charge in [0.25, 0.3) is 0 Å². The van der Waals surface area contributed by atoms with Crippen molar-refractivity contribution in [1.82, 2.24) is 10.2 Å². The molecule has 1 amide bonds.